The SMILES string of the molecule is O=C(O)CN1/C=C\N(Cc2cccc(C(=O)O)n2)CCN(CC(=O)O)CCNCC1. The molecular formula is C19H27N5O6. The fraction of sp³-hybridized carbons (Fsp3) is 0.474. The smallest absolute Gasteiger partial charge is 0.354 e. The minimum Gasteiger partial charge on any atom is -0.480 e. The molecule has 0 saturated carbocycles. The quantitative estimate of drug-likeness (QED) is 0.449. The Hall–Kier alpha value is -3.18. The van der Waals surface area contributed by atoms with E-state index in [9.17, 15) is 14.4 Å². The third kappa shape index (κ3) is 8.45. The summed E-state index contributed by atoms with van der Waals surface area (Å²) in [7, 11) is 0. The number of rotatable bonds is 7. The van der Waals surface area contributed by atoms with Gasteiger partial charge in [-0.2, -0.15) is 0 Å². The van der Waals surface area contributed by atoms with Gasteiger partial charge in [0.1, 0.15) is 12.2 Å². The molecule has 1 aliphatic heterocycles. The van der Waals surface area contributed by atoms with Gasteiger partial charge >= 0.3 is 17.9 Å². The molecule has 0 saturated heterocycles. The largest absolute Gasteiger partial charge is 0.480 e. The van der Waals surface area contributed by atoms with Crippen LogP contribution in [0, 0.1) is 0 Å². The van der Waals surface area contributed by atoms with Crippen LogP contribution in [-0.4, -0.2) is 105 Å². The highest BCUT2D eigenvalue weighted by Gasteiger charge is 2.14. The van der Waals surface area contributed by atoms with Crippen molar-refractivity contribution >= 4 is 17.9 Å². The third-order valence-corrected chi connectivity index (χ3v) is 4.46. The summed E-state index contributed by atoms with van der Waals surface area (Å²) in [5, 5.41) is 30.6. The van der Waals surface area contributed by atoms with Gasteiger partial charge in [-0.25, -0.2) is 9.78 Å². The average molecular weight is 421 g/mol. The van der Waals surface area contributed by atoms with Gasteiger partial charge in [0.2, 0.25) is 0 Å². The van der Waals surface area contributed by atoms with Gasteiger partial charge in [-0.15, -0.1) is 0 Å². The van der Waals surface area contributed by atoms with E-state index < -0.39 is 17.9 Å². The van der Waals surface area contributed by atoms with E-state index in [0.717, 1.165) is 0 Å². The van der Waals surface area contributed by atoms with E-state index in [1.165, 1.54) is 6.07 Å². The van der Waals surface area contributed by atoms with Crippen molar-refractivity contribution in [2.75, 3.05) is 52.4 Å². The third-order valence-electron chi connectivity index (χ3n) is 4.46. The number of aromatic carboxylic acids is 1. The molecule has 1 aromatic rings. The highest BCUT2D eigenvalue weighted by Crippen LogP contribution is 2.07. The van der Waals surface area contributed by atoms with E-state index in [1.807, 2.05) is 9.80 Å². The summed E-state index contributed by atoms with van der Waals surface area (Å²) in [6.45, 7) is 3.15. The molecule has 30 heavy (non-hydrogen) atoms. The van der Waals surface area contributed by atoms with Gasteiger partial charge in [-0.1, -0.05) is 6.07 Å². The number of hydrogen-bond donors (Lipinski definition) is 4. The Labute approximate surface area is 174 Å². The summed E-state index contributed by atoms with van der Waals surface area (Å²) in [5.41, 5.74) is 0.486. The van der Waals surface area contributed by atoms with Gasteiger partial charge in [-0.3, -0.25) is 14.5 Å². The van der Waals surface area contributed by atoms with Gasteiger partial charge in [0.25, 0.3) is 0 Å². The summed E-state index contributed by atoms with van der Waals surface area (Å²) in [5.74, 6) is -2.97. The Kier molecular flexibility index (Phi) is 9.03. The Balaban J connectivity index is 2.19. The number of carboxylic acid groups (broad SMARTS) is 3. The normalized spacial score (nSPS) is 17.6. The zero-order valence-corrected chi connectivity index (χ0v) is 16.6. The van der Waals surface area contributed by atoms with Gasteiger partial charge in [-0.05, 0) is 12.1 Å². The van der Waals surface area contributed by atoms with Crippen LogP contribution >= 0.6 is 0 Å². The summed E-state index contributed by atoms with van der Waals surface area (Å²) in [6.07, 6.45) is 3.42. The maximum absolute atomic E-state index is 11.2. The van der Waals surface area contributed by atoms with Crippen molar-refractivity contribution in [1.82, 2.24) is 25.0 Å². The van der Waals surface area contributed by atoms with E-state index in [-0.39, 0.29) is 18.8 Å². The molecule has 1 aromatic heterocycles. The lowest BCUT2D eigenvalue weighted by atomic mass is 10.3. The highest BCUT2D eigenvalue weighted by atomic mass is 16.4. The van der Waals surface area contributed by atoms with E-state index in [0.29, 0.717) is 51.5 Å². The van der Waals surface area contributed by atoms with Crippen molar-refractivity contribution in [2.24, 2.45) is 0 Å². The predicted octanol–water partition coefficient (Wildman–Crippen LogP) is -0.571. The van der Waals surface area contributed by atoms with Crippen molar-refractivity contribution in [2.45, 2.75) is 6.54 Å². The maximum atomic E-state index is 11.2. The molecule has 164 valence electrons. The first-order chi connectivity index (χ1) is 14.3. The lowest BCUT2D eigenvalue weighted by molar-refractivity contribution is -0.139. The highest BCUT2D eigenvalue weighted by molar-refractivity contribution is 5.85. The van der Waals surface area contributed by atoms with Gasteiger partial charge in [0, 0.05) is 51.7 Å². The molecule has 0 radical (unpaired) electrons. The van der Waals surface area contributed by atoms with Crippen LogP contribution in [-0.2, 0) is 16.1 Å². The van der Waals surface area contributed by atoms with Crippen molar-refractivity contribution in [3.63, 3.8) is 0 Å². The Morgan fingerprint density at radius 2 is 1.60 bits per heavy atom. The minimum absolute atomic E-state index is 0.0584. The molecule has 1 aliphatic rings. The van der Waals surface area contributed by atoms with Crippen molar-refractivity contribution in [1.29, 1.82) is 0 Å². The minimum atomic E-state index is -1.12. The zero-order valence-electron chi connectivity index (χ0n) is 16.6. The van der Waals surface area contributed by atoms with Gasteiger partial charge < -0.3 is 30.4 Å². The number of carbonyl (C=O) groups is 3. The van der Waals surface area contributed by atoms with Crippen LogP contribution in [0.4, 0.5) is 0 Å². The number of nitrogens with zero attached hydrogens (tertiary/aromatic N) is 4. The van der Waals surface area contributed by atoms with Crippen LogP contribution in [0.15, 0.2) is 30.6 Å². The number of nitrogens with one attached hydrogen (secondary N) is 1. The standard InChI is InChI=1S/C19H27N5O6/c25-17(26)13-22-6-4-20-5-7-23(14-18(27)28)9-11-24(10-8-22)12-15-2-1-3-16(21-15)19(29)30/h1-3,8,10,20H,4-7,9,11-14H2,(H,25,26)(H,27,28)(H,29,30)/b10-8-. The monoisotopic (exact) mass is 421 g/mol. The molecule has 11 nitrogen and oxygen atoms in total. The molecule has 0 amide bonds. The first kappa shape index (κ1) is 23.1. The zero-order chi connectivity index (χ0) is 21.9. The fourth-order valence-corrected chi connectivity index (χ4v) is 2.99. The second-order valence-corrected chi connectivity index (χ2v) is 6.87. The Bertz CT molecular complexity index is 772. The Morgan fingerprint density at radius 3 is 2.30 bits per heavy atom. The summed E-state index contributed by atoms with van der Waals surface area (Å²) < 4.78 is 0. The van der Waals surface area contributed by atoms with Crippen LogP contribution in [0.2, 0.25) is 0 Å². The molecule has 4 N–H and O–H groups in total. The number of carboxylic acids is 3. The van der Waals surface area contributed by atoms with Gasteiger partial charge in [0.05, 0.1) is 18.8 Å². The summed E-state index contributed by atoms with van der Waals surface area (Å²) in [6, 6.07) is 4.74. The lowest BCUT2D eigenvalue weighted by Crippen LogP contribution is -2.42. The lowest BCUT2D eigenvalue weighted by Gasteiger charge is -2.28. The van der Waals surface area contributed by atoms with Crippen LogP contribution in [0.3, 0.4) is 0 Å². The van der Waals surface area contributed by atoms with E-state index >= 15 is 0 Å². The predicted molar refractivity (Wildman–Crippen MR) is 107 cm³/mol. The van der Waals surface area contributed by atoms with Crippen LogP contribution in [0.25, 0.3) is 0 Å². The molecule has 0 spiro atoms. The van der Waals surface area contributed by atoms with Crippen molar-refractivity contribution in [3.8, 4) is 0 Å². The molecule has 2 heterocycles. The first-order valence-corrected chi connectivity index (χ1v) is 9.56. The van der Waals surface area contributed by atoms with Crippen LogP contribution in [0.5, 0.6) is 0 Å². The molecular weight excluding hydrogens is 394 g/mol. The molecule has 11 heteroatoms. The molecule has 0 atom stereocenters. The molecule has 0 aromatic carbocycles. The van der Waals surface area contributed by atoms with Crippen LogP contribution in [0.1, 0.15) is 16.2 Å². The van der Waals surface area contributed by atoms with E-state index in [2.05, 4.69) is 10.3 Å². The second kappa shape index (κ2) is 11.7. The molecule has 2 rings (SSSR count). The number of hydrogen-bond acceptors (Lipinski definition) is 8. The van der Waals surface area contributed by atoms with Gasteiger partial charge in [0.15, 0.2) is 0 Å². The molecule has 0 bridgehead atoms. The summed E-state index contributed by atoms with van der Waals surface area (Å²) in [4.78, 5) is 42.9. The number of aromatic nitrogens is 1. The van der Waals surface area contributed by atoms with Crippen LogP contribution < -0.4 is 5.32 Å². The molecule has 0 fully saturated rings. The topological polar surface area (TPSA) is 147 Å². The van der Waals surface area contributed by atoms with E-state index in [1.54, 1.807) is 29.4 Å². The first-order valence-electron chi connectivity index (χ1n) is 9.56. The average Bonchev–Trinajstić information content (AvgIpc) is 2.67. The number of pyridine rings is 1. The second-order valence-electron chi connectivity index (χ2n) is 6.87. The Morgan fingerprint density at radius 1 is 0.900 bits per heavy atom. The summed E-state index contributed by atoms with van der Waals surface area (Å²) >= 11 is 0. The maximum Gasteiger partial charge on any atom is 0.354 e. The fourth-order valence-electron chi connectivity index (χ4n) is 2.99. The number of aliphatic carboxylic acids is 2. The van der Waals surface area contributed by atoms with Crippen molar-refractivity contribution in [3.05, 3.63) is 42.0 Å². The van der Waals surface area contributed by atoms with E-state index in [4.69, 9.17) is 15.3 Å². The molecule has 0 unspecified atom stereocenters. The van der Waals surface area contributed by atoms with Crippen molar-refractivity contribution < 1.29 is 29.7 Å². The molecule has 0 aliphatic carbocycles.